The van der Waals surface area contributed by atoms with Crippen LogP contribution in [0.4, 0.5) is 11.7 Å². The van der Waals surface area contributed by atoms with Crippen LogP contribution in [0.15, 0.2) is 34.9 Å². The second-order valence-electron chi connectivity index (χ2n) is 3.88. The van der Waals surface area contributed by atoms with Gasteiger partial charge in [-0.1, -0.05) is 12.1 Å². The van der Waals surface area contributed by atoms with E-state index in [0.29, 0.717) is 12.6 Å². The molecule has 1 aromatic heterocycles. The van der Waals surface area contributed by atoms with Crippen LogP contribution in [0.1, 0.15) is 5.69 Å². The van der Waals surface area contributed by atoms with Crippen LogP contribution < -0.4 is 15.0 Å². The van der Waals surface area contributed by atoms with E-state index in [1.165, 1.54) is 0 Å². The Morgan fingerprint density at radius 2 is 2.17 bits per heavy atom. The second-order valence-corrected chi connectivity index (χ2v) is 3.88. The van der Waals surface area contributed by atoms with Crippen molar-refractivity contribution in [3.63, 3.8) is 0 Å². The monoisotopic (exact) mass is 247 g/mol. The van der Waals surface area contributed by atoms with E-state index < -0.39 is 0 Å². The van der Waals surface area contributed by atoms with Crippen LogP contribution in [-0.2, 0) is 6.54 Å². The van der Waals surface area contributed by atoms with Crippen molar-refractivity contribution in [1.29, 1.82) is 0 Å². The molecule has 0 atom stereocenters. The topological polar surface area (TPSA) is 50.5 Å². The molecule has 0 fully saturated rings. The molecule has 0 bridgehead atoms. The highest BCUT2D eigenvalue weighted by Gasteiger charge is 2.14. The Bertz CT molecular complexity index is 510. The van der Waals surface area contributed by atoms with E-state index in [9.17, 15) is 0 Å². The van der Waals surface area contributed by atoms with Crippen molar-refractivity contribution >= 4 is 11.7 Å². The van der Waals surface area contributed by atoms with Gasteiger partial charge < -0.3 is 14.5 Å². The molecule has 1 aromatic carbocycles. The van der Waals surface area contributed by atoms with Crippen LogP contribution in [-0.4, -0.2) is 26.2 Å². The molecule has 0 spiro atoms. The van der Waals surface area contributed by atoms with E-state index in [1.54, 1.807) is 13.4 Å². The van der Waals surface area contributed by atoms with E-state index in [-0.39, 0.29) is 0 Å². The number of nitrogens with zero attached hydrogens (tertiary/aromatic N) is 2. The largest absolute Gasteiger partial charge is 0.495 e. The highest BCUT2D eigenvalue weighted by Crippen LogP contribution is 2.31. The minimum absolute atomic E-state index is 0.546. The summed E-state index contributed by atoms with van der Waals surface area (Å²) in [5.74, 6) is 0.786. The first-order chi connectivity index (χ1) is 8.76. The predicted molar refractivity (Wildman–Crippen MR) is 70.3 cm³/mol. The third kappa shape index (κ3) is 2.46. The Hall–Kier alpha value is -2.01. The highest BCUT2D eigenvalue weighted by molar-refractivity contribution is 5.63. The van der Waals surface area contributed by atoms with Crippen LogP contribution in [0.3, 0.4) is 0 Å². The Morgan fingerprint density at radius 1 is 1.39 bits per heavy atom. The van der Waals surface area contributed by atoms with Gasteiger partial charge in [-0.25, -0.2) is 0 Å². The van der Waals surface area contributed by atoms with Crippen LogP contribution in [0.25, 0.3) is 0 Å². The van der Waals surface area contributed by atoms with Gasteiger partial charge in [0.05, 0.1) is 18.5 Å². The summed E-state index contributed by atoms with van der Waals surface area (Å²) >= 11 is 0. The molecular formula is C13H17N3O2. The molecule has 1 N–H and O–H groups in total. The summed E-state index contributed by atoms with van der Waals surface area (Å²) in [6.07, 6.45) is 1.65. The molecule has 0 aliphatic carbocycles. The van der Waals surface area contributed by atoms with Gasteiger partial charge in [0.25, 0.3) is 0 Å². The Labute approximate surface area is 106 Å². The first-order valence-corrected chi connectivity index (χ1v) is 5.72. The van der Waals surface area contributed by atoms with E-state index in [2.05, 4.69) is 10.3 Å². The third-order valence-electron chi connectivity index (χ3n) is 2.63. The van der Waals surface area contributed by atoms with Gasteiger partial charge in [0.2, 0.25) is 0 Å². The molecule has 5 heteroatoms. The molecule has 0 aliphatic heterocycles. The lowest BCUT2D eigenvalue weighted by atomic mass is 10.3. The van der Waals surface area contributed by atoms with E-state index in [0.717, 1.165) is 17.1 Å². The lowest BCUT2D eigenvalue weighted by Gasteiger charge is -2.17. The van der Waals surface area contributed by atoms with Gasteiger partial charge in [-0.05, 0) is 19.2 Å². The van der Waals surface area contributed by atoms with E-state index in [1.807, 2.05) is 43.3 Å². The lowest BCUT2D eigenvalue weighted by molar-refractivity contribution is 0.415. The van der Waals surface area contributed by atoms with E-state index in [4.69, 9.17) is 9.15 Å². The maximum Gasteiger partial charge on any atom is 0.301 e. The van der Waals surface area contributed by atoms with Crippen molar-refractivity contribution in [2.45, 2.75) is 6.54 Å². The molecule has 0 saturated heterocycles. The maximum atomic E-state index is 5.45. The summed E-state index contributed by atoms with van der Waals surface area (Å²) in [6.45, 7) is 0.684. The zero-order valence-electron chi connectivity index (χ0n) is 10.8. The summed E-state index contributed by atoms with van der Waals surface area (Å²) < 4.78 is 10.8. The quantitative estimate of drug-likeness (QED) is 0.877. The predicted octanol–water partition coefficient (Wildman–Crippen LogP) is 2.17. The number of para-hydroxylation sites is 2. The number of hydrogen-bond acceptors (Lipinski definition) is 5. The molecule has 96 valence electrons. The molecular weight excluding hydrogens is 230 g/mol. The summed E-state index contributed by atoms with van der Waals surface area (Å²) in [5.41, 5.74) is 1.78. The first-order valence-electron chi connectivity index (χ1n) is 5.72. The molecule has 1 heterocycles. The molecule has 0 radical (unpaired) electrons. The zero-order valence-corrected chi connectivity index (χ0v) is 10.8. The minimum atomic E-state index is 0.546. The summed E-state index contributed by atoms with van der Waals surface area (Å²) in [4.78, 5) is 6.25. The average molecular weight is 247 g/mol. The fourth-order valence-corrected chi connectivity index (χ4v) is 1.72. The fraction of sp³-hybridized carbons (Fsp3) is 0.308. The molecule has 0 aliphatic rings. The summed E-state index contributed by atoms with van der Waals surface area (Å²) in [5, 5.41) is 3.03. The molecule has 2 aromatic rings. The van der Waals surface area contributed by atoms with Crippen molar-refractivity contribution < 1.29 is 9.15 Å². The van der Waals surface area contributed by atoms with Crippen LogP contribution >= 0.6 is 0 Å². The normalized spacial score (nSPS) is 10.4. The standard InChI is InChI=1S/C13H17N3O2/c1-14-8-10-9-18-13(15-10)16(2)11-6-4-5-7-12(11)17-3/h4-7,9,14H,8H2,1-3H3. The van der Waals surface area contributed by atoms with Gasteiger partial charge >= 0.3 is 6.01 Å². The maximum absolute atomic E-state index is 5.45. The number of nitrogens with one attached hydrogen (secondary N) is 1. The number of benzene rings is 1. The second kappa shape index (κ2) is 5.55. The Morgan fingerprint density at radius 3 is 2.89 bits per heavy atom. The molecule has 2 rings (SSSR count). The van der Waals surface area contributed by atoms with Crippen molar-refractivity contribution in [2.75, 3.05) is 26.1 Å². The van der Waals surface area contributed by atoms with Gasteiger partial charge in [0, 0.05) is 13.6 Å². The minimum Gasteiger partial charge on any atom is -0.495 e. The van der Waals surface area contributed by atoms with Gasteiger partial charge in [0.15, 0.2) is 0 Å². The molecule has 18 heavy (non-hydrogen) atoms. The SMILES string of the molecule is CNCc1coc(N(C)c2ccccc2OC)n1. The van der Waals surface area contributed by atoms with Gasteiger partial charge in [-0.15, -0.1) is 0 Å². The zero-order chi connectivity index (χ0) is 13.0. The van der Waals surface area contributed by atoms with Crippen LogP contribution in [0.5, 0.6) is 5.75 Å². The van der Waals surface area contributed by atoms with Gasteiger partial charge in [-0.2, -0.15) is 4.98 Å². The number of rotatable bonds is 5. The number of methoxy groups -OCH3 is 1. The lowest BCUT2D eigenvalue weighted by Crippen LogP contribution is -2.11. The van der Waals surface area contributed by atoms with Gasteiger partial charge in [0.1, 0.15) is 12.0 Å². The molecule has 0 saturated carbocycles. The van der Waals surface area contributed by atoms with Crippen molar-refractivity contribution in [3.05, 3.63) is 36.2 Å². The number of aromatic nitrogens is 1. The van der Waals surface area contributed by atoms with Crippen molar-refractivity contribution in [1.82, 2.24) is 10.3 Å². The number of ether oxygens (including phenoxy) is 1. The summed E-state index contributed by atoms with van der Waals surface area (Å²) in [7, 11) is 5.42. The average Bonchev–Trinajstić information content (AvgIpc) is 2.87. The number of oxazole rings is 1. The summed E-state index contributed by atoms with van der Waals surface area (Å²) in [6, 6.07) is 8.29. The fourth-order valence-electron chi connectivity index (χ4n) is 1.72. The molecule has 5 nitrogen and oxygen atoms in total. The Kier molecular flexibility index (Phi) is 3.84. The first kappa shape index (κ1) is 12.4. The Balaban J connectivity index is 2.26. The van der Waals surface area contributed by atoms with Gasteiger partial charge in [-0.3, -0.25) is 4.90 Å². The van der Waals surface area contributed by atoms with Crippen LogP contribution in [0.2, 0.25) is 0 Å². The third-order valence-corrected chi connectivity index (χ3v) is 2.63. The van der Waals surface area contributed by atoms with E-state index >= 15 is 0 Å². The smallest absolute Gasteiger partial charge is 0.301 e. The van der Waals surface area contributed by atoms with Crippen molar-refractivity contribution in [2.24, 2.45) is 0 Å². The number of anilines is 2. The molecule has 0 unspecified atom stereocenters. The van der Waals surface area contributed by atoms with Crippen molar-refractivity contribution in [3.8, 4) is 5.75 Å². The van der Waals surface area contributed by atoms with Crippen LogP contribution in [0, 0.1) is 0 Å². The number of hydrogen-bond donors (Lipinski definition) is 1. The molecule has 0 amide bonds. The highest BCUT2D eigenvalue weighted by atomic mass is 16.5.